The maximum atomic E-state index is 9.14. The Morgan fingerprint density at radius 1 is 1.21 bits per heavy atom. The Morgan fingerprint density at radius 3 is 2.70 bits per heavy atom. The van der Waals surface area contributed by atoms with Gasteiger partial charge in [0.15, 0.2) is 5.76 Å². The predicted octanol–water partition coefficient (Wildman–Crippen LogP) is 5.52. The van der Waals surface area contributed by atoms with Crippen molar-refractivity contribution in [1.82, 2.24) is 9.88 Å². The Kier molecular flexibility index (Phi) is 7.08. The molecule has 2 heterocycles. The lowest BCUT2D eigenvalue weighted by Gasteiger charge is -2.04. The van der Waals surface area contributed by atoms with Crippen LogP contribution in [-0.2, 0) is 0 Å². The third-order valence-electron chi connectivity index (χ3n) is 4.72. The fourth-order valence-electron chi connectivity index (χ4n) is 3.27. The molecule has 0 saturated heterocycles. The van der Waals surface area contributed by atoms with E-state index < -0.39 is 0 Å². The summed E-state index contributed by atoms with van der Waals surface area (Å²) >= 11 is 7.54. The molecule has 0 unspecified atom stereocenters. The van der Waals surface area contributed by atoms with Crippen molar-refractivity contribution in [2.24, 2.45) is 9.98 Å². The van der Waals surface area contributed by atoms with Gasteiger partial charge in [-0.2, -0.15) is 0 Å². The SMILES string of the molecule is COc1ccc2oc(-c3nc(/N=C\N(C)C)sc3/C=N/CCO)c(-c3ccc(Cl)cc3)c2c1. The van der Waals surface area contributed by atoms with Crippen LogP contribution in [0.4, 0.5) is 5.13 Å². The predicted molar refractivity (Wildman–Crippen MR) is 136 cm³/mol. The van der Waals surface area contributed by atoms with E-state index in [1.54, 1.807) is 19.7 Å². The first-order valence-corrected chi connectivity index (χ1v) is 11.4. The molecule has 2 aromatic heterocycles. The van der Waals surface area contributed by atoms with Gasteiger partial charge in [0.2, 0.25) is 5.13 Å². The molecule has 1 N–H and O–H groups in total. The van der Waals surface area contributed by atoms with Crippen LogP contribution >= 0.6 is 22.9 Å². The normalized spacial score (nSPS) is 11.8. The summed E-state index contributed by atoms with van der Waals surface area (Å²) in [6.45, 7) is 0.270. The van der Waals surface area contributed by atoms with Gasteiger partial charge >= 0.3 is 0 Å². The molecule has 0 radical (unpaired) electrons. The van der Waals surface area contributed by atoms with Gasteiger partial charge in [0, 0.05) is 36.3 Å². The molecule has 2 aromatic carbocycles. The highest BCUT2D eigenvalue weighted by atomic mass is 35.5. The molecule has 0 saturated carbocycles. The van der Waals surface area contributed by atoms with Crippen molar-refractivity contribution in [3.8, 4) is 28.3 Å². The first-order valence-electron chi connectivity index (χ1n) is 10.2. The fourth-order valence-corrected chi connectivity index (χ4v) is 4.19. The number of ether oxygens (including phenoxy) is 1. The van der Waals surface area contributed by atoms with Crippen molar-refractivity contribution in [2.75, 3.05) is 34.4 Å². The largest absolute Gasteiger partial charge is 0.497 e. The van der Waals surface area contributed by atoms with Crippen molar-refractivity contribution in [3.63, 3.8) is 0 Å². The molecule has 9 heteroatoms. The summed E-state index contributed by atoms with van der Waals surface area (Å²) in [4.78, 5) is 16.1. The molecule has 33 heavy (non-hydrogen) atoms. The average Bonchev–Trinajstić information content (AvgIpc) is 3.39. The van der Waals surface area contributed by atoms with E-state index in [9.17, 15) is 0 Å². The maximum absolute atomic E-state index is 9.14. The molecule has 0 amide bonds. The summed E-state index contributed by atoms with van der Waals surface area (Å²) in [5.74, 6) is 1.33. The summed E-state index contributed by atoms with van der Waals surface area (Å²) in [6, 6.07) is 13.3. The third-order valence-corrected chi connectivity index (χ3v) is 5.87. The minimum Gasteiger partial charge on any atom is -0.497 e. The lowest BCUT2D eigenvalue weighted by atomic mass is 10.0. The second-order valence-corrected chi connectivity index (χ2v) is 8.80. The van der Waals surface area contributed by atoms with Crippen molar-refractivity contribution in [3.05, 3.63) is 52.4 Å². The highest BCUT2D eigenvalue weighted by Gasteiger charge is 2.23. The number of aliphatic hydroxyl groups excluding tert-OH is 1. The molecule has 7 nitrogen and oxygen atoms in total. The van der Waals surface area contributed by atoms with E-state index >= 15 is 0 Å². The van der Waals surface area contributed by atoms with E-state index in [1.807, 2.05) is 61.5 Å². The Morgan fingerprint density at radius 2 is 2.00 bits per heavy atom. The Bertz CT molecular complexity index is 1310. The van der Waals surface area contributed by atoms with E-state index in [0.29, 0.717) is 33.7 Å². The highest BCUT2D eigenvalue weighted by molar-refractivity contribution is 7.17. The standard InChI is InChI=1S/C24H23ClN4O3S/c1-29(2)14-27-24-28-22(20(33-24)13-26-10-11-30)23-21(15-4-6-16(25)7-5-15)18-12-17(31-3)8-9-19(18)32-23/h4-9,12-14,30H,10-11H2,1-3H3/b26-13+,27-14-. The molecule has 0 atom stereocenters. The van der Waals surface area contributed by atoms with Crippen molar-refractivity contribution in [2.45, 2.75) is 0 Å². The van der Waals surface area contributed by atoms with Gasteiger partial charge in [-0.15, -0.1) is 0 Å². The zero-order valence-electron chi connectivity index (χ0n) is 18.4. The van der Waals surface area contributed by atoms with Crippen LogP contribution in [0.3, 0.4) is 0 Å². The number of methoxy groups -OCH3 is 1. The number of benzene rings is 2. The minimum absolute atomic E-state index is 0.0310. The monoisotopic (exact) mass is 482 g/mol. The number of hydrogen-bond donors (Lipinski definition) is 1. The van der Waals surface area contributed by atoms with Crippen molar-refractivity contribution < 1.29 is 14.3 Å². The van der Waals surface area contributed by atoms with E-state index in [-0.39, 0.29) is 6.61 Å². The summed E-state index contributed by atoms with van der Waals surface area (Å²) in [6.07, 6.45) is 3.40. The van der Waals surface area contributed by atoms with Gasteiger partial charge in [0.1, 0.15) is 17.0 Å². The van der Waals surface area contributed by atoms with E-state index in [4.69, 9.17) is 30.8 Å². The smallest absolute Gasteiger partial charge is 0.211 e. The lowest BCUT2D eigenvalue weighted by Crippen LogP contribution is -2.06. The molecule has 170 valence electrons. The van der Waals surface area contributed by atoms with E-state index in [1.165, 1.54) is 11.3 Å². The van der Waals surface area contributed by atoms with Gasteiger partial charge in [-0.25, -0.2) is 9.98 Å². The molecule has 0 bridgehead atoms. The van der Waals surface area contributed by atoms with Crippen LogP contribution in [-0.4, -0.2) is 61.9 Å². The van der Waals surface area contributed by atoms with Crippen LogP contribution in [0.25, 0.3) is 33.6 Å². The number of furan rings is 1. The zero-order chi connectivity index (χ0) is 23.4. The molecule has 0 aliphatic rings. The molecule has 4 aromatic rings. The topological polar surface area (TPSA) is 83.5 Å². The molecule has 0 aliphatic heterocycles. The number of nitrogens with zero attached hydrogens (tertiary/aromatic N) is 4. The summed E-state index contributed by atoms with van der Waals surface area (Å²) in [5.41, 5.74) is 3.16. The summed E-state index contributed by atoms with van der Waals surface area (Å²) in [5, 5.41) is 11.3. The minimum atomic E-state index is -0.0310. The average molecular weight is 483 g/mol. The van der Waals surface area contributed by atoms with Crippen molar-refractivity contribution in [1.29, 1.82) is 0 Å². The van der Waals surface area contributed by atoms with E-state index in [0.717, 1.165) is 27.1 Å². The molecule has 0 spiro atoms. The van der Waals surface area contributed by atoms with Gasteiger partial charge < -0.3 is 19.2 Å². The van der Waals surface area contributed by atoms with Gasteiger partial charge in [0.25, 0.3) is 0 Å². The summed E-state index contributed by atoms with van der Waals surface area (Å²) in [7, 11) is 5.43. The number of aliphatic hydroxyl groups is 1. The van der Waals surface area contributed by atoms with Crippen LogP contribution in [0.2, 0.25) is 5.02 Å². The molecular weight excluding hydrogens is 460 g/mol. The van der Waals surface area contributed by atoms with Crippen LogP contribution in [0.1, 0.15) is 4.88 Å². The van der Waals surface area contributed by atoms with Crippen LogP contribution in [0, 0.1) is 0 Å². The number of thiazole rings is 1. The van der Waals surface area contributed by atoms with Crippen molar-refractivity contribution >= 4 is 51.6 Å². The van der Waals surface area contributed by atoms with Gasteiger partial charge in [0.05, 0.1) is 31.5 Å². The molecule has 4 rings (SSSR count). The number of aromatic nitrogens is 1. The molecule has 0 fully saturated rings. The lowest BCUT2D eigenvalue weighted by molar-refractivity contribution is 0.307. The quantitative estimate of drug-likeness (QED) is 0.264. The van der Waals surface area contributed by atoms with E-state index in [2.05, 4.69) is 9.98 Å². The second-order valence-electron chi connectivity index (χ2n) is 7.35. The second kappa shape index (κ2) is 10.2. The number of aliphatic imine (C=N–C) groups is 2. The van der Waals surface area contributed by atoms with Gasteiger partial charge in [-0.3, -0.25) is 4.99 Å². The number of halogens is 1. The van der Waals surface area contributed by atoms with Crippen LogP contribution in [0.5, 0.6) is 5.75 Å². The highest BCUT2D eigenvalue weighted by Crippen LogP contribution is 2.44. The Balaban J connectivity index is 1.96. The Hall–Kier alpha value is -3.20. The zero-order valence-corrected chi connectivity index (χ0v) is 20.0. The third kappa shape index (κ3) is 5.08. The first kappa shape index (κ1) is 23.0. The van der Waals surface area contributed by atoms with Crippen LogP contribution < -0.4 is 4.74 Å². The van der Waals surface area contributed by atoms with Gasteiger partial charge in [-0.1, -0.05) is 35.1 Å². The molecular formula is C24H23ClN4O3S. The summed E-state index contributed by atoms with van der Waals surface area (Å²) < 4.78 is 11.8. The number of rotatable bonds is 8. The van der Waals surface area contributed by atoms with Crippen LogP contribution in [0.15, 0.2) is 56.9 Å². The first-order chi connectivity index (χ1) is 16.0. The van der Waals surface area contributed by atoms with Gasteiger partial charge in [-0.05, 0) is 35.9 Å². The number of hydrogen-bond acceptors (Lipinski definition) is 7. The number of fused-ring (bicyclic) bond motifs is 1. The maximum Gasteiger partial charge on any atom is 0.211 e. The Labute approximate surface area is 200 Å². The fraction of sp³-hybridized carbons (Fsp3) is 0.208. The molecule has 0 aliphatic carbocycles.